The van der Waals surface area contributed by atoms with Gasteiger partial charge >= 0.3 is 0 Å². The lowest BCUT2D eigenvalue weighted by Gasteiger charge is -2.36. The fourth-order valence-corrected chi connectivity index (χ4v) is 6.22. The molecule has 0 aliphatic carbocycles. The molecule has 0 saturated carbocycles. The van der Waals surface area contributed by atoms with Crippen molar-refractivity contribution < 1.29 is 4.57 Å². The average molecular weight is 412 g/mol. The molecular formula is C26H25N2OP. The van der Waals surface area contributed by atoms with Gasteiger partial charge in [0.1, 0.15) is 0 Å². The fourth-order valence-electron chi connectivity index (χ4n) is 3.54. The summed E-state index contributed by atoms with van der Waals surface area (Å²) in [5.74, 6) is 0. The summed E-state index contributed by atoms with van der Waals surface area (Å²) < 4.78 is 16.9. The molecule has 0 bridgehead atoms. The van der Waals surface area contributed by atoms with E-state index >= 15 is 4.57 Å². The van der Waals surface area contributed by atoms with E-state index in [0.29, 0.717) is 0 Å². The molecule has 0 aromatic heterocycles. The van der Waals surface area contributed by atoms with Crippen LogP contribution in [0.4, 0.5) is 11.4 Å². The summed E-state index contributed by atoms with van der Waals surface area (Å²) in [7, 11) is -3.25. The molecule has 4 aromatic rings. The number of rotatable bonds is 6. The number of hydrogen-bond acceptors (Lipinski definition) is 2. The second kappa shape index (κ2) is 8.61. The fraction of sp³-hybridized carbons (Fsp3) is 0.0769. The highest BCUT2D eigenvalue weighted by Crippen LogP contribution is 2.50. The van der Waals surface area contributed by atoms with Crippen LogP contribution in [-0.4, -0.2) is 0 Å². The number of hydrogen-bond donors (Lipinski definition) is 1. The molecule has 0 unspecified atom stereocenters. The minimum atomic E-state index is -3.25. The van der Waals surface area contributed by atoms with Gasteiger partial charge in [0, 0.05) is 10.6 Å². The van der Waals surface area contributed by atoms with Crippen molar-refractivity contribution in [3.63, 3.8) is 0 Å². The Kier molecular flexibility index (Phi) is 5.74. The molecule has 150 valence electrons. The maximum Gasteiger partial charge on any atom is 0.247 e. The number of benzene rings is 4. The van der Waals surface area contributed by atoms with E-state index < -0.39 is 7.29 Å². The van der Waals surface area contributed by atoms with E-state index in [2.05, 4.69) is 5.43 Å². The van der Waals surface area contributed by atoms with Crippen LogP contribution in [0.5, 0.6) is 0 Å². The van der Waals surface area contributed by atoms with Crippen LogP contribution in [-0.2, 0) is 4.57 Å². The zero-order chi connectivity index (χ0) is 21.0. The molecule has 0 aliphatic rings. The van der Waals surface area contributed by atoms with Crippen LogP contribution in [0.15, 0.2) is 109 Å². The lowest BCUT2D eigenvalue weighted by molar-refractivity contribution is 0.585. The number of nitrogens with zero attached hydrogens (tertiary/aromatic N) is 1. The highest BCUT2D eigenvalue weighted by Gasteiger charge is 2.36. The smallest absolute Gasteiger partial charge is 0.247 e. The van der Waals surface area contributed by atoms with Crippen molar-refractivity contribution in [2.24, 2.45) is 0 Å². The Balaban J connectivity index is 1.98. The van der Waals surface area contributed by atoms with Crippen molar-refractivity contribution in [2.45, 2.75) is 13.8 Å². The molecule has 0 spiro atoms. The Morgan fingerprint density at radius 2 is 1.07 bits per heavy atom. The first-order valence-electron chi connectivity index (χ1n) is 10.0. The summed E-state index contributed by atoms with van der Waals surface area (Å²) >= 11 is 0. The van der Waals surface area contributed by atoms with E-state index in [1.54, 1.807) is 0 Å². The Hall–Kier alpha value is -3.29. The van der Waals surface area contributed by atoms with Gasteiger partial charge in [-0.3, -0.25) is 9.99 Å². The van der Waals surface area contributed by atoms with Crippen molar-refractivity contribution in [1.29, 1.82) is 0 Å². The zero-order valence-electron chi connectivity index (χ0n) is 17.2. The third kappa shape index (κ3) is 3.77. The Bertz CT molecular complexity index is 1130. The number of anilines is 2. The summed E-state index contributed by atoms with van der Waals surface area (Å²) in [5.41, 5.74) is 7.46. The second-order valence-corrected chi connectivity index (χ2v) is 9.86. The largest absolute Gasteiger partial charge is 0.292 e. The van der Waals surface area contributed by atoms with Crippen molar-refractivity contribution in [2.75, 3.05) is 10.2 Å². The molecule has 0 amide bonds. The van der Waals surface area contributed by atoms with E-state index in [1.807, 2.05) is 128 Å². The molecule has 0 atom stereocenters. The van der Waals surface area contributed by atoms with Gasteiger partial charge < -0.3 is 0 Å². The molecule has 3 nitrogen and oxygen atoms in total. The predicted octanol–water partition coefficient (Wildman–Crippen LogP) is 6.07. The van der Waals surface area contributed by atoms with Crippen LogP contribution >= 0.6 is 7.29 Å². The van der Waals surface area contributed by atoms with Crippen LogP contribution in [0.2, 0.25) is 0 Å². The van der Waals surface area contributed by atoms with E-state index in [4.69, 9.17) is 0 Å². The van der Waals surface area contributed by atoms with Crippen molar-refractivity contribution in [3.8, 4) is 0 Å². The average Bonchev–Trinajstić information content (AvgIpc) is 2.80. The summed E-state index contributed by atoms with van der Waals surface area (Å²) in [4.78, 5) is 0. The molecule has 0 radical (unpaired) electrons. The molecule has 0 saturated heterocycles. The van der Waals surface area contributed by atoms with Crippen molar-refractivity contribution in [3.05, 3.63) is 120 Å². The molecule has 1 N–H and O–H groups in total. The van der Waals surface area contributed by atoms with Crippen molar-refractivity contribution >= 4 is 29.3 Å². The van der Waals surface area contributed by atoms with E-state index in [1.165, 1.54) is 0 Å². The lowest BCUT2D eigenvalue weighted by atomic mass is 10.2. The van der Waals surface area contributed by atoms with Gasteiger partial charge in [0.05, 0.1) is 11.4 Å². The third-order valence-electron chi connectivity index (χ3n) is 5.21. The van der Waals surface area contributed by atoms with Gasteiger partial charge in [-0.15, -0.1) is 0 Å². The van der Waals surface area contributed by atoms with Crippen molar-refractivity contribution in [1.82, 2.24) is 0 Å². The molecule has 4 heteroatoms. The van der Waals surface area contributed by atoms with Gasteiger partial charge in [0.25, 0.3) is 0 Å². The van der Waals surface area contributed by atoms with Crippen LogP contribution in [0, 0.1) is 13.8 Å². The van der Waals surface area contributed by atoms with Crippen LogP contribution in [0.25, 0.3) is 0 Å². The topological polar surface area (TPSA) is 32.3 Å². The highest BCUT2D eigenvalue weighted by atomic mass is 31.2. The predicted molar refractivity (Wildman–Crippen MR) is 128 cm³/mol. The van der Waals surface area contributed by atoms with Gasteiger partial charge in [0.15, 0.2) is 0 Å². The first-order chi connectivity index (χ1) is 14.6. The van der Waals surface area contributed by atoms with Crippen LogP contribution in [0.1, 0.15) is 11.1 Å². The zero-order valence-corrected chi connectivity index (χ0v) is 18.1. The Morgan fingerprint density at radius 3 is 1.60 bits per heavy atom. The monoisotopic (exact) mass is 412 g/mol. The number of hydrazine groups is 1. The summed E-state index contributed by atoms with van der Waals surface area (Å²) in [5, 5.41) is 1.56. The van der Waals surface area contributed by atoms with Gasteiger partial charge in [0.2, 0.25) is 7.29 Å². The third-order valence-corrected chi connectivity index (χ3v) is 8.08. The molecule has 0 fully saturated rings. The number of para-hydroxylation sites is 2. The first kappa shape index (κ1) is 20.0. The minimum Gasteiger partial charge on any atom is -0.292 e. The molecule has 30 heavy (non-hydrogen) atoms. The van der Waals surface area contributed by atoms with E-state index in [0.717, 1.165) is 33.1 Å². The summed E-state index contributed by atoms with van der Waals surface area (Å²) in [6.45, 7) is 4.09. The van der Waals surface area contributed by atoms with Crippen LogP contribution in [0.3, 0.4) is 0 Å². The van der Waals surface area contributed by atoms with Gasteiger partial charge in [-0.2, -0.15) is 0 Å². The normalized spacial score (nSPS) is 11.1. The maximum atomic E-state index is 15.0. The van der Waals surface area contributed by atoms with Gasteiger partial charge in [-0.25, -0.2) is 4.78 Å². The Morgan fingerprint density at radius 1 is 0.600 bits per heavy atom. The quantitative estimate of drug-likeness (QED) is 0.308. The van der Waals surface area contributed by atoms with E-state index in [9.17, 15) is 0 Å². The lowest BCUT2D eigenvalue weighted by Crippen LogP contribution is -2.37. The van der Waals surface area contributed by atoms with Gasteiger partial charge in [-0.05, 0) is 61.4 Å². The molecular weight excluding hydrogens is 387 g/mol. The number of nitrogens with one attached hydrogen (secondary N) is 1. The number of aryl methyl sites for hydroxylation is 2. The summed E-state index contributed by atoms with van der Waals surface area (Å²) in [6.07, 6.45) is 0. The van der Waals surface area contributed by atoms with Crippen LogP contribution < -0.4 is 20.8 Å². The first-order valence-corrected chi connectivity index (χ1v) is 11.7. The maximum absolute atomic E-state index is 15.0. The Labute approximate surface area is 178 Å². The SMILES string of the molecule is Cc1ccccc1NN(c1ccccc1C)P(=O)(c1ccccc1)c1ccccc1. The molecule has 4 rings (SSSR count). The standard InChI is InChI=1S/C26H25N2OP/c1-21-13-9-11-19-25(21)27-28(26-20-12-10-14-22(26)2)30(29,23-15-5-3-6-16-23)24-17-7-4-8-18-24/h3-20,27H,1-2H3. The molecule has 0 heterocycles. The minimum absolute atomic E-state index is 0.778. The summed E-state index contributed by atoms with van der Waals surface area (Å²) in [6, 6.07) is 35.5. The van der Waals surface area contributed by atoms with E-state index in [-0.39, 0.29) is 0 Å². The molecule has 4 aromatic carbocycles. The van der Waals surface area contributed by atoms with Gasteiger partial charge in [-0.1, -0.05) is 72.8 Å². The highest BCUT2D eigenvalue weighted by molar-refractivity contribution is 7.80. The molecule has 0 aliphatic heterocycles. The second-order valence-electron chi connectivity index (χ2n) is 7.27.